The van der Waals surface area contributed by atoms with E-state index in [1.54, 1.807) is 18.4 Å². The van der Waals surface area contributed by atoms with Crippen LogP contribution >= 0.6 is 19.3 Å². The minimum Gasteiger partial charge on any atom is -0.495 e. The average molecular weight is 591 g/mol. The molecule has 2 aromatic heterocycles. The summed E-state index contributed by atoms with van der Waals surface area (Å²) in [6.07, 6.45) is 0.797. The highest BCUT2D eigenvalue weighted by molar-refractivity contribution is 7.67. The van der Waals surface area contributed by atoms with Gasteiger partial charge in [0.2, 0.25) is 11.9 Å². The van der Waals surface area contributed by atoms with Crippen molar-refractivity contribution >= 4 is 69.5 Å². The summed E-state index contributed by atoms with van der Waals surface area (Å²) in [4.78, 5) is 26.5. The van der Waals surface area contributed by atoms with Gasteiger partial charge >= 0.3 is 0 Å². The van der Waals surface area contributed by atoms with Crippen LogP contribution in [-0.2, 0) is 11.2 Å². The van der Waals surface area contributed by atoms with Crippen LogP contribution in [0, 0.1) is 0 Å². The lowest BCUT2D eigenvalue weighted by Gasteiger charge is -2.28. The van der Waals surface area contributed by atoms with E-state index in [2.05, 4.69) is 62.6 Å². The maximum absolute atomic E-state index is 12.9. The Morgan fingerprint density at radius 1 is 1.07 bits per heavy atom. The molecule has 4 aromatic rings. The third kappa shape index (κ3) is 6.17. The first-order chi connectivity index (χ1) is 19.7. The maximum atomic E-state index is 12.9. The van der Waals surface area contributed by atoms with Crippen molar-refractivity contribution in [2.24, 2.45) is 0 Å². The summed E-state index contributed by atoms with van der Waals surface area (Å²) in [5.74, 6) is 2.01. The molecule has 1 aliphatic rings. The number of rotatable bonds is 10. The molecule has 2 aromatic carbocycles. The van der Waals surface area contributed by atoms with Crippen LogP contribution in [0.4, 0.5) is 28.8 Å². The molecule has 41 heavy (non-hydrogen) atoms. The number of para-hydroxylation sites is 1. The fraction of sp³-hybridized carbons (Fsp3) is 0.387. The number of anilines is 5. The van der Waals surface area contributed by atoms with Crippen LogP contribution in [0.5, 0.6) is 5.75 Å². The van der Waals surface area contributed by atoms with Gasteiger partial charge in [-0.3, -0.25) is 4.79 Å². The summed E-state index contributed by atoms with van der Waals surface area (Å²) in [5, 5.41) is 10.5. The molecule has 3 heterocycles. The Kier molecular flexibility index (Phi) is 8.78. The van der Waals surface area contributed by atoms with Crippen molar-refractivity contribution in [1.29, 1.82) is 0 Å². The van der Waals surface area contributed by atoms with Gasteiger partial charge in [0.15, 0.2) is 5.82 Å². The summed E-state index contributed by atoms with van der Waals surface area (Å²) in [5.41, 5.74) is 5.80. The third-order valence-electron chi connectivity index (χ3n) is 7.15. The van der Waals surface area contributed by atoms with Crippen LogP contribution < -0.4 is 25.6 Å². The number of fused-ring (bicyclic) bond motifs is 2. The van der Waals surface area contributed by atoms with Crippen LogP contribution in [0.3, 0.4) is 0 Å². The quantitative estimate of drug-likeness (QED) is 0.202. The second kappa shape index (κ2) is 12.3. The highest BCUT2D eigenvalue weighted by Gasteiger charge is 2.27. The number of aromatic nitrogens is 2. The third-order valence-corrected chi connectivity index (χ3v) is 11.2. The summed E-state index contributed by atoms with van der Waals surface area (Å²) < 4.78 is 6.75. The second-order valence-corrected chi connectivity index (χ2v) is 15.4. The predicted molar refractivity (Wildman–Crippen MR) is 175 cm³/mol. The first kappa shape index (κ1) is 29.2. The Morgan fingerprint density at radius 2 is 1.83 bits per heavy atom. The molecule has 1 aliphatic heterocycles. The fourth-order valence-corrected chi connectivity index (χ4v) is 9.25. The normalized spacial score (nSPS) is 13.1. The molecule has 0 fully saturated rings. The van der Waals surface area contributed by atoms with E-state index in [1.807, 2.05) is 47.5 Å². The molecule has 0 radical (unpaired) electrons. The summed E-state index contributed by atoms with van der Waals surface area (Å²) >= 11 is 1.62. The monoisotopic (exact) mass is 590 g/mol. The van der Waals surface area contributed by atoms with Gasteiger partial charge in [-0.15, -0.1) is 11.3 Å². The summed E-state index contributed by atoms with van der Waals surface area (Å²) in [6.45, 7) is 10.3. The van der Waals surface area contributed by atoms with Gasteiger partial charge in [-0.25, -0.2) is 4.98 Å². The van der Waals surface area contributed by atoms with E-state index in [9.17, 15) is 4.79 Å². The van der Waals surface area contributed by atoms with Crippen molar-refractivity contribution in [1.82, 2.24) is 14.9 Å². The SMILES string of the molecule is COc1cc2c(cc1Nc1nc(Nc3ccccc3P(C(C)C)C(C)C)c3sccc3n1)N(C(=O)CN(C)C)CC2. The number of ether oxygens (including phenoxy) is 1. The number of methoxy groups -OCH3 is 1. The molecule has 216 valence electrons. The Hall–Kier alpha value is -3.26. The molecule has 8 nitrogen and oxygen atoms in total. The molecule has 0 saturated heterocycles. The highest BCUT2D eigenvalue weighted by atomic mass is 32.1. The molecular formula is C31H39N6O2PS. The van der Waals surface area contributed by atoms with E-state index >= 15 is 0 Å². The predicted octanol–water partition coefficient (Wildman–Crippen LogP) is 6.56. The zero-order valence-electron chi connectivity index (χ0n) is 24.9. The van der Waals surface area contributed by atoms with Gasteiger partial charge in [0, 0.05) is 17.9 Å². The van der Waals surface area contributed by atoms with Gasteiger partial charge in [0.25, 0.3) is 0 Å². The molecule has 0 atom stereocenters. The van der Waals surface area contributed by atoms with E-state index in [0.717, 1.165) is 45.1 Å². The first-order valence-corrected chi connectivity index (χ1v) is 16.3. The van der Waals surface area contributed by atoms with Crippen LogP contribution in [0.2, 0.25) is 0 Å². The lowest BCUT2D eigenvalue weighted by Crippen LogP contribution is -2.36. The zero-order chi connectivity index (χ0) is 29.3. The van der Waals surface area contributed by atoms with Crippen LogP contribution in [0.15, 0.2) is 47.8 Å². The lowest BCUT2D eigenvalue weighted by atomic mass is 10.1. The lowest BCUT2D eigenvalue weighted by molar-refractivity contribution is -0.119. The average Bonchev–Trinajstić information content (AvgIpc) is 3.55. The maximum Gasteiger partial charge on any atom is 0.241 e. The number of thiophene rings is 1. The molecule has 10 heteroatoms. The molecule has 1 amide bonds. The Balaban J connectivity index is 1.51. The minimum absolute atomic E-state index is 0.0775. The van der Waals surface area contributed by atoms with E-state index in [1.165, 1.54) is 5.30 Å². The van der Waals surface area contributed by atoms with Crippen molar-refractivity contribution in [2.75, 3.05) is 49.8 Å². The van der Waals surface area contributed by atoms with Crippen molar-refractivity contribution in [3.63, 3.8) is 0 Å². The number of carbonyl (C=O) groups excluding carboxylic acids is 1. The molecule has 0 bridgehead atoms. The van der Waals surface area contributed by atoms with Crippen LogP contribution in [0.1, 0.15) is 33.3 Å². The number of nitrogens with one attached hydrogen (secondary N) is 2. The van der Waals surface area contributed by atoms with Crippen molar-refractivity contribution in [2.45, 2.75) is 45.4 Å². The molecule has 0 unspecified atom stereocenters. The van der Waals surface area contributed by atoms with Gasteiger partial charge in [0.05, 0.1) is 29.6 Å². The summed E-state index contributed by atoms with van der Waals surface area (Å²) in [7, 11) is 5.11. The van der Waals surface area contributed by atoms with Gasteiger partial charge < -0.3 is 25.2 Å². The number of likely N-dealkylation sites (N-methyl/N-ethyl adjacent to an activating group) is 1. The fourth-order valence-electron chi connectivity index (χ4n) is 5.51. The molecule has 0 aliphatic carbocycles. The zero-order valence-corrected chi connectivity index (χ0v) is 26.6. The molecule has 5 rings (SSSR count). The number of carbonyl (C=O) groups is 1. The number of amides is 1. The second-order valence-electron chi connectivity index (χ2n) is 11.1. The van der Waals surface area contributed by atoms with Gasteiger partial charge in [0.1, 0.15) is 5.75 Å². The van der Waals surface area contributed by atoms with Gasteiger partial charge in [-0.2, -0.15) is 4.98 Å². The topological polar surface area (TPSA) is 82.6 Å². The summed E-state index contributed by atoms with van der Waals surface area (Å²) in [6, 6.07) is 14.6. The van der Waals surface area contributed by atoms with Crippen LogP contribution in [0.25, 0.3) is 10.2 Å². The van der Waals surface area contributed by atoms with Crippen molar-refractivity contribution in [3.05, 3.63) is 53.4 Å². The van der Waals surface area contributed by atoms with Crippen molar-refractivity contribution < 1.29 is 9.53 Å². The minimum atomic E-state index is -0.365. The van der Waals surface area contributed by atoms with E-state index < -0.39 is 0 Å². The Morgan fingerprint density at radius 3 is 2.54 bits per heavy atom. The Labute approximate surface area is 247 Å². The smallest absolute Gasteiger partial charge is 0.241 e. The van der Waals surface area contributed by atoms with Crippen molar-refractivity contribution in [3.8, 4) is 5.75 Å². The van der Waals surface area contributed by atoms with E-state index in [-0.39, 0.29) is 13.8 Å². The van der Waals surface area contributed by atoms with Gasteiger partial charge in [-0.1, -0.05) is 53.8 Å². The first-order valence-electron chi connectivity index (χ1n) is 14.0. The molecule has 0 spiro atoms. The number of nitrogens with zero attached hydrogens (tertiary/aromatic N) is 4. The molecular weight excluding hydrogens is 551 g/mol. The number of hydrogen-bond donors (Lipinski definition) is 2. The van der Waals surface area contributed by atoms with E-state index in [4.69, 9.17) is 14.7 Å². The Bertz CT molecular complexity index is 1550. The van der Waals surface area contributed by atoms with Gasteiger partial charge in [-0.05, 0) is 72.3 Å². The largest absolute Gasteiger partial charge is 0.495 e. The standard InChI is InChI=1S/C31H39N6O2PS/c1-19(2)40(20(3)4)27-11-9-8-10-22(27)32-30-29-23(13-15-41-29)33-31(35-30)34-24-17-25-21(16-26(24)39-7)12-14-37(25)28(38)18-36(5)6/h8-11,13,15-17,19-20H,12,14,18H2,1-7H3,(H2,32,33,34,35). The van der Waals surface area contributed by atoms with Crippen LogP contribution in [-0.4, -0.2) is 66.4 Å². The number of benzene rings is 2. The molecule has 2 N–H and O–H groups in total. The highest BCUT2D eigenvalue weighted by Crippen LogP contribution is 2.47. The molecule has 0 saturated carbocycles. The van der Waals surface area contributed by atoms with E-state index in [0.29, 0.717) is 36.1 Å². The number of hydrogen-bond acceptors (Lipinski definition) is 8.